The van der Waals surface area contributed by atoms with Crippen LogP contribution in [0.15, 0.2) is 84.1 Å². The maximum absolute atomic E-state index is 13.1. The van der Waals surface area contributed by atoms with Crippen molar-refractivity contribution in [2.75, 3.05) is 17.2 Å². The molecule has 2 heterocycles. The maximum Gasteiger partial charge on any atom is 0.573 e. The van der Waals surface area contributed by atoms with E-state index in [4.69, 9.17) is 0 Å². The number of rotatable bonds is 6. The van der Waals surface area contributed by atoms with Crippen LogP contribution < -0.4 is 15.0 Å². The molecule has 2 amide bonds. The Kier molecular flexibility index (Phi) is 8.26. The molecule has 3 aromatic carbocycles. The molecule has 1 saturated heterocycles. The van der Waals surface area contributed by atoms with Crippen LogP contribution in [0.3, 0.4) is 0 Å². The van der Waals surface area contributed by atoms with Gasteiger partial charge in [-0.15, -0.1) is 18.3 Å². The average Bonchev–Trinajstić information content (AvgIpc) is 3.44. The van der Waals surface area contributed by atoms with Gasteiger partial charge in [-0.3, -0.25) is 0 Å². The number of alkyl halides is 3. The number of halogens is 3. The van der Waals surface area contributed by atoms with Gasteiger partial charge in [0.05, 0.1) is 11.2 Å². The van der Waals surface area contributed by atoms with Gasteiger partial charge in [0.25, 0.3) is 0 Å². The molecule has 0 unspecified atom stereocenters. The van der Waals surface area contributed by atoms with E-state index in [9.17, 15) is 18.0 Å². The molecule has 0 bridgehead atoms. The molecule has 0 atom stereocenters. The van der Waals surface area contributed by atoms with Crippen LogP contribution in [0.5, 0.6) is 5.75 Å². The summed E-state index contributed by atoms with van der Waals surface area (Å²) in [5, 5.41) is 8.16. The second kappa shape index (κ2) is 11.9. The zero-order valence-electron chi connectivity index (χ0n) is 23.2. The van der Waals surface area contributed by atoms with Crippen LogP contribution >= 0.6 is 11.8 Å². The normalized spacial score (nSPS) is 15.1. The quantitative estimate of drug-likeness (QED) is 0.257. The van der Waals surface area contributed by atoms with E-state index in [1.807, 2.05) is 69.3 Å². The lowest BCUT2D eigenvalue weighted by Crippen LogP contribution is -2.41. The summed E-state index contributed by atoms with van der Waals surface area (Å²) in [7, 11) is 0. The number of hydrogen-bond acceptors (Lipinski definition) is 5. The van der Waals surface area contributed by atoms with Crippen molar-refractivity contribution in [3.05, 3.63) is 90.3 Å². The largest absolute Gasteiger partial charge is 0.573 e. The van der Waals surface area contributed by atoms with Gasteiger partial charge in [0.15, 0.2) is 11.0 Å². The highest BCUT2D eigenvalue weighted by atomic mass is 32.2. The van der Waals surface area contributed by atoms with Crippen LogP contribution in [0, 0.1) is 6.92 Å². The van der Waals surface area contributed by atoms with Crippen LogP contribution in [-0.2, 0) is 5.54 Å². The van der Waals surface area contributed by atoms with Crippen molar-refractivity contribution in [2.45, 2.75) is 39.1 Å². The Bertz CT molecular complexity index is 1580. The molecule has 5 rings (SSSR count). The Morgan fingerprint density at radius 1 is 1.02 bits per heavy atom. The third kappa shape index (κ3) is 6.93. The topological polar surface area (TPSA) is 84.6 Å². The lowest BCUT2D eigenvalue weighted by molar-refractivity contribution is -0.274. The minimum Gasteiger partial charge on any atom is -0.406 e. The summed E-state index contributed by atoms with van der Waals surface area (Å²) >= 11 is 1.58. The summed E-state index contributed by atoms with van der Waals surface area (Å²) in [4.78, 5) is 23.9. The first-order valence-electron chi connectivity index (χ1n) is 13.2. The lowest BCUT2D eigenvalue weighted by Gasteiger charge is -2.31. The van der Waals surface area contributed by atoms with Gasteiger partial charge < -0.3 is 15.0 Å². The average molecular weight is 595 g/mol. The Morgan fingerprint density at radius 3 is 2.43 bits per heavy atom. The number of amides is 2. The second-order valence-electron chi connectivity index (χ2n) is 10.2. The molecular formula is C30H29F3N6O2S. The number of urea groups is 1. The summed E-state index contributed by atoms with van der Waals surface area (Å²) in [6.07, 6.45) is -2.26. The summed E-state index contributed by atoms with van der Waals surface area (Å²) in [6, 6.07) is 20.5. The fourth-order valence-corrected chi connectivity index (χ4v) is 5.50. The predicted molar refractivity (Wildman–Crippen MR) is 158 cm³/mol. The van der Waals surface area contributed by atoms with E-state index in [0.717, 1.165) is 41.1 Å². The Labute approximate surface area is 245 Å². The lowest BCUT2D eigenvalue weighted by atomic mass is 9.93. The predicted octanol–water partition coefficient (Wildman–Crippen LogP) is 7.09. The third-order valence-electron chi connectivity index (χ3n) is 6.70. The number of nitrogens with zero attached hydrogens (tertiary/aromatic N) is 5. The molecule has 1 fully saturated rings. The number of carbonyl (C=O) groups is 1. The van der Waals surface area contributed by atoms with Gasteiger partial charge in [-0.2, -0.15) is 4.99 Å². The van der Waals surface area contributed by atoms with Gasteiger partial charge >= 0.3 is 12.4 Å². The van der Waals surface area contributed by atoms with E-state index >= 15 is 0 Å². The first-order chi connectivity index (χ1) is 20.0. The number of benzene rings is 3. The van der Waals surface area contributed by atoms with Gasteiger partial charge in [0.2, 0.25) is 0 Å². The third-order valence-corrected chi connectivity index (χ3v) is 7.77. The molecule has 218 valence electrons. The van der Waals surface area contributed by atoms with Gasteiger partial charge in [-0.1, -0.05) is 54.2 Å². The number of aliphatic imine (C=N–C) groups is 1. The first kappa shape index (κ1) is 29.2. The number of aromatic nitrogens is 3. The number of aryl methyl sites for hydroxylation is 1. The highest BCUT2D eigenvalue weighted by Gasteiger charge is 2.31. The van der Waals surface area contributed by atoms with E-state index < -0.39 is 17.9 Å². The first-order valence-corrected chi connectivity index (χ1v) is 14.2. The highest BCUT2D eigenvalue weighted by molar-refractivity contribution is 8.14. The fraction of sp³-hybridized carbons (Fsp3) is 0.267. The van der Waals surface area contributed by atoms with Crippen molar-refractivity contribution < 1.29 is 22.7 Å². The fourth-order valence-electron chi connectivity index (χ4n) is 4.55. The molecule has 0 saturated carbocycles. The summed E-state index contributed by atoms with van der Waals surface area (Å²) in [5.74, 6) is 1.03. The van der Waals surface area contributed by atoms with Crippen LogP contribution in [0.2, 0.25) is 0 Å². The zero-order chi connectivity index (χ0) is 29.9. The number of hydrogen-bond donors (Lipinski definition) is 1. The molecule has 1 aromatic heterocycles. The number of nitrogens with one attached hydrogen (secondary N) is 1. The Morgan fingerprint density at radius 2 is 1.74 bits per heavy atom. The molecule has 1 aliphatic rings. The van der Waals surface area contributed by atoms with E-state index in [1.54, 1.807) is 11.8 Å². The Balaban J connectivity index is 1.26. The van der Waals surface area contributed by atoms with Crippen LogP contribution in [-0.4, -0.2) is 44.6 Å². The minimum atomic E-state index is -4.75. The van der Waals surface area contributed by atoms with Gasteiger partial charge in [-0.25, -0.2) is 14.5 Å². The van der Waals surface area contributed by atoms with Crippen molar-refractivity contribution in [2.24, 2.45) is 4.99 Å². The second-order valence-corrected chi connectivity index (χ2v) is 11.3. The van der Waals surface area contributed by atoms with E-state index in [0.29, 0.717) is 16.7 Å². The van der Waals surface area contributed by atoms with Crippen molar-refractivity contribution in [3.63, 3.8) is 0 Å². The highest BCUT2D eigenvalue weighted by Crippen LogP contribution is 2.29. The Hall–Kier alpha value is -4.32. The number of anilines is 1. The van der Waals surface area contributed by atoms with E-state index in [2.05, 4.69) is 30.0 Å². The number of thioether (sulfide) groups is 1. The number of carbonyl (C=O) groups excluding carboxylic acids is 1. The molecule has 8 nitrogen and oxygen atoms in total. The molecule has 0 radical (unpaired) electrons. The molecule has 0 aliphatic carbocycles. The monoisotopic (exact) mass is 594 g/mol. The van der Waals surface area contributed by atoms with Crippen molar-refractivity contribution >= 4 is 28.6 Å². The summed E-state index contributed by atoms with van der Waals surface area (Å²) in [6.45, 7) is 6.67. The van der Waals surface area contributed by atoms with Crippen molar-refractivity contribution in [3.8, 4) is 22.8 Å². The zero-order valence-corrected chi connectivity index (χ0v) is 24.0. The number of ether oxygens (including phenoxy) is 1. The van der Waals surface area contributed by atoms with Crippen molar-refractivity contribution in [1.29, 1.82) is 0 Å². The van der Waals surface area contributed by atoms with Gasteiger partial charge in [-0.05, 0) is 68.7 Å². The smallest absolute Gasteiger partial charge is 0.406 e. The maximum atomic E-state index is 13.1. The minimum absolute atomic E-state index is 0.315. The van der Waals surface area contributed by atoms with E-state index in [-0.39, 0.29) is 5.75 Å². The molecule has 1 aliphatic heterocycles. The van der Waals surface area contributed by atoms with Gasteiger partial charge in [0.1, 0.15) is 12.1 Å². The number of para-hydroxylation sites is 1. The summed E-state index contributed by atoms with van der Waals surface area (Å²) in [5.41, 5.74) is 3.61. The molecule has 42 heavy (non-hydrogen) atoms. The molecule has 4 aromatic rings. The molecular weight excluding hydrogens is 565 g/mol. The van der Waals surface area contributed by atoms with Crippen LogP contribution in [0.4, 0.5) is 23.7 Å². The molecule has 0 spiro atoms. The van der Waals surface area contributed by atoms with Crippen LogP contribution in [0.1, 0.15) is 31.4 Å². The standard InChI is InChI=1S/C30H29F3N6O2S/c1-20-7-4-5-8-25(20)38-17-6-18-42-28(38)35-27(40)36-29(2,3)22-11-9-21(10-12-22)26-34-19-39(37-26)23-13-15-24(16-14-23)41-30(31,32)33/h4-5,7-16,19H,6,17-18H2,1-3H3,(H,36,40)/b35-28-. The van der Waals surface area contributed by atoms with Crippen LogP contribution in [0.25, 0.3) is 17.1 Å². The molecule has 1 N–H and O–H groups in total. The van der Waals surface area contributed by atoms with Crippen molar-refractivity contribution in [1.82, 2.24) is 20.1 Å². The summed E-state index contributed by atoms with van der Waals surface area (Å²) < 4.78 is 42.6. The molecule has 12 heteroatoms. The SMILES string of the molecule is Cc1ccccc1N1CCCS/C1=N\C(=O)NC(C)(C)c1ccc(-c2ncn(-c3ccc(OC(F)(F)F)cc3)n2)cc1. The van der Waals surface area contributed by atoms with E-state index in [1.165, 1.54) is 35.3 Å². The van der Waals surface area contributed by atoms with Gasteiger partial charge in [0, 0.05) is 23.5 Å². The number of amidine groups is 1.